The highest BCUT2D eigenvalue weighted by Gasteiger charge is 2.33. The van der Waals surface area contributed by atoms with Gasteiger partial charge in [-0.1, -0.05) is 18.2 Å². The van der Waals surface area contributed by atoms with Crippen molar-refractivity contribution in [3.63, 3.8) is 0 Å². The fourth-order valence-corrected chi connectivity index (χ4v) is 5.17. The summed E-state index contributed by atoms with van der Waals surface area (Å²) in [6.07, 6.45) is 2.52. The molecule has 7 heteroatoms. The molecule has 1 fully saturated rings. The van der Waals surface area contributed by atoms with Crippen LogP contribution in [0.3, 0.4) is 0 Å². The Bertz CT molecular complexity index is 968. The van der Waals surface area contributed by atoms with Gasteiger partial charge in [0.2, 0.25) is 0 Å². The number of anilines is 1. The van der Waals surface area contributed by atoms with E-state index in [1.165, 1.54) is 22.5 Å². The van der Waals surface area contributed by atoms with Crippen molar-refractivity contribution in [2.45, 2.75) is 24.2 Å². The van der Waals surface area contributed by atoms with Gasteiger partial charge in [0.05, 0.1) is 5.69 Å². The molecule has 0 saturated carbocycles. The molecule has 2 aromatic rings. The smallest absolute Gasteiger partial charge is 0.267 e. The van der Waals surface area contributed by atoms with Crippen LogP contribution in [-0.2, 0) is 16.4 Å². The van der Waals surface area contributed by atoms with Gasteiger partial charge in [-0.15, -0.1) is 0 Å². The molecule has 0 aliphatic carbocycles. The van der Waals surface area contributed by atoms with Gasteiger partial charge in [0.1, 0.15) is 10.7 Å². The Balaban J connectivity index is 1.72. The number of amides is 1. The summed E-state index contributed by atoms with van der Waals surface area (Å²) in [4.78, 5) is 14.1. The summed E-state index contributed by atoms with van der Waals surface area (Å²) in [7, 11) is -4.01. The molecule has 0 bridgehead atoms. The zero-order valence-electron chi connectivity index (χ0n) is 14.2. The van der Waals surface area contributed by atoms with E-state index in [1.54, 1.807) is 23.1 Å². The maximum Gasteiger partial charge on any atom is 0.267 e. The van der Waals surface area contributed by atoms with Gasteiger partial charge in [-0.05, 0) is 49.1 Å². The molecule has 1 amide bonds. The monoisotopic (exact) mass is 374 g/mol. The number of rotatable bonds is 3. The van der Waals surface area contributed by atoms with Crippen LogP contribution in [0, 0.1) is 5.82 Å². The molecule has 0 N–H and O–H groups in total. The first-order valence-corrected chi connectivity index (χ1v) is 10.1. The molecule has 2 aliphatic heterocycles. The second-order valence-corrected chi connectivity index (χ2v) is 8.43. The predicted molar refractivity (Wildman–Crippen MR) is 96.2 cm³/mol. The van der Waals surface area contributed by atoms with E-state index in [0.717, 1.165) is 37.6 Å². The van der Waals surface area contributed by atoms with Gasteiger partial charge in [-0.2, -0.15) is 0 Å². The maximum absolute atomic E-state index is 14.1. The van der Waals surface area contributed by atoms with Gasteiger partial charge < -0.3 is 4.90 Å². The van der Waals surface area contributed by atoms with E-state index in [0.29, 0.717) is 17.7 Å². The number of carbonyl (C=O) groups excluding carboxylic acids is 1. The van der Waals surface area contributed by atoms with E-state index >= 15 is 0 Å². The van der Waals surface area contributed by atoms with Crippen LogP contribution < -0.4 is 4.31 Å². The fraction of sp³-hybridized carbons (Fsp3) is 0.316. The summed E-state index contributed by atoms with van der Waals surface area (Å²) < 4.78 is 41.2. The van der Waals surface area contributed by atoms with Crippen molar-refractivity contribution in [3.8, 4) is 0 Å². The molecule has 0 aromatic heterocycles. The molecule has 0 unspecified atom stereocenters. The molecule has 5 nitrogen and oxygen atoms in total. The SMILES string of the molecule is O=C(c1ccc2c(c1)N(S(=O)(=O)c1ccccc1F)CC2)N1CCCC1. The standard InChI is InChI=1S/C19H19FN2O3S/c20-16-5-1-2-6-18(16)26(24,25)22-12-9-14-7-8-15(13-17(14)22)19(23)21-10-3-4-11-21/h1-2,5-8,13H,3-4,9-12H2. The first-order chi connectivity index (χ1) is 12.5. The van der Waals surface area contributed by atoms with Gasteiger partial charge in [-0.25, -0.2) is 12.8 Å². The highest BCUT2D eigenvalue weighted by Crippen LogP contribution is 2.34. The van der Waals surface area contributed by atoms with E-state index in [4.69, 9.17) is 0 Å². The summed E-state index contributed by atoms with van der Waals surface area (Å²) in [5.41, 5.74) is 1.79. The highest BCUT2D eigenvalue weighted by atomic mass is 32.2. The second kappa shape index (κ2) is 6.39. The Morgan fingerprint density at radius 2 is 1.73 bits per heavy atom. The van der Waals surface area contributed by atoms with Crippen molar-refractivity contribution >= 4 is 21.6 Å². The first kappa shape index (κ1) is 17.0. The molecule has 0 atom stereocenters. The van der Waals surface area contributed by atoms with E-state index in [-0.39, 0.29) is 17.3 Å². The van der Waals surface area contributed by atoms with Crippen molar-refractivity contribution in [3.05, 3.63) is 59.4 Å². The number of halogens is 1. The van der Waals surface area contributed by atoms with Gasteiger partial charge in [-0.3, -0.25) is 9.10 Å². The molecule has 2 aliphatic rings. The lowest BCUT2D eigenvalue weighted by Crippen LogP contribution is -2.30. The Morgan fingerprint density at radius 3 is 2.46 bits per heavy atom. The topological polar surface area (TPSA) is 57.7 Å². The summed E-state index contributed by atoms with van der Waals surface area (Å²) in [6, 6.07) is 10.5. The van der Waals surface area contributed by atoms with Crippen LogP contribution in [0.2, 0.25) is 0 Å². The third kappa shape index (κ3) is 2.76. The van der Waals surface area contributed by atoms with Gasteiger partial charge in [0, 0.05) is 25.2 Å². The van der Waals surface area contributed by atoms with Crippen LogP contribution in [0.4, 0.5) is 10.1 Å². The number of sulfonamides is 1. The van der Waals surface area contributed by atoms with Crippen LogP contribution in [0.15, 0.2) is 47.4 Å². The van der Waals surface area contributed by atoms with Gasteiger partial charge >= 0.3 is 0 Å². The lowest BCUT2D eigenvalue weighted by atomic mass is 10.1. The van der Waals surface area contributed by atoms with Crippen molar-refractivity contribution in [2.24, 2.45) is 0 Å². The lowest BCUT2D eigenvalue weighted by Gasteiger charge is -2.21. The quantitative estimate of drug-likeness (QED) is 0.830. The number of nitrogens with zero attached hydrogens (tertiary/aromatic N) is 2. The van der Waals surface area contributed by atoms with Crippen molar-refractivity contribution in [1.29, 1.82) is 0 Å². The van der Waals surface area contributed by atoms with Crippen molar-refractivity contribution in [2.75, 3.05) is 23.9 Å². The summed E-state index contributed by atoms with van der Waals surface area (Å²) in [6.45, 7) is 1.70. The number of hydrogen-bond donors (Lipinski definition) is 0. The largest absolute Gasteiger partial charge is 0.339 e. The number of carbonyl (C=O) groups is 1. The van der Waals surface area contributed by atoms with Gasteiger partial charge in [0.25, 0.3) is 15.9 Å². The molecular formula is C19H19FN2O3S. The number of hydrogen-bond acceptors (Lipinski definition) is 3. The minimum atomic E-state index is -4.01. The lowest BCUT2D eigenvalue weighted by molar-refractivity contribution is 0.0793. The molecular weight excluding hydrogens is 355 g/mol. The summed E-state index contributed by atoms with van der Waals surface area (Å²) in [5.74, 6) is -0.856. The Kier molecular flexibility index (Phi) is 4.19. The molecule has 26 heavy (non-hydrogen) atoms. The molecule has 0 radical (unpaired) electrons. The van der Waals surface area contributed by atoms with E-state index in [1.807, 2.05) is 0 Å². The normalized spacial score (nSPS) is 16.8. The number of benzene rings is 2. The molecule has 4 rings (SSSR count). The van der Waals surface area contributed by atoms with Crippen LogP contribution in [0.25, 0.3) is 0 Å². The Hall–Kier alpha value is -2.41. The minimum absolute atomic E-state index is 0.0829. The van der Waals surface area contributed by atoms with Gasteiger partial charge in [0.15, 0.2) is 0 Å². The molecule has 136 valence electrons. The zero-order valence-corrected chi connectivity index (χ0v) is 15.0. The third-order valence-electron chi connectivity index (χ3n) is 4.98. The van der Waals surface area contributed by atoms with Crippen molar-refractivity contribution < 1.29 is 17.6 Å². The minimum Gasteiger partial charge on any atom is -0.339 e. The second-order valence-electron chi connectivity index (χ2n) is 6.60. The zero-order chi connectivity index (χ0) is 18.3. The number of likely N-dealkylation sites (tertiary alicyclic amines) is 1. The van der Waals surface area contributed by atoms with E-state index in [2.05, 4.69) is 0 Å². The highest BCUT2D eigenvalue weighted by molar-refractivity contribution is 7.92. The maximum atomic E-state index is 14.1. The van der Waals surface area contributed by atoms with Crippen LogP contribution >= 0.6 is 0 Å². The Morgan fingerprint density at radius 1 is 1.00 bits per heavy atom. The average Bonchev–Trinajstić information content (AvgIpc) is 3.30. The first-order valence-electron chi connectivity index (χ1n) is 8.68. The molecule has 2 heterocycles. The van der Waals surface area contributed by atoms with E-state index < -0.39 is 15.8 Å². The van der Waals surface area contributed by atoms with Crippen LogP contribution in [0.1, 0.15) is 28.8 Å². The molecule has 1 saturated heterocycles. The molecule has 0 spiro atoms. The fourth-order valence-electron chi connectivity index (χ4n) is 3.61. The van der Waals surface area contributed by atoms with Crippen molar-refractivity contribution in [1.82, 2.24) is 4.90 Å². The van der Waals surface area contributed by atoms with E-state index in [9.17, 15) is 17.6 Å². The summed E-state index contributed by atoms with van der Waals surface area (Å²) >= 11 is 0. The number of fused-ring (bicyclic) bond motifs is 1. The molecule has 2 aromatic carbocycles. The average molecular weight is 374 g/mol. The summed E-state index contributed by atoms with van der Waals surface area (Å²) in [5, 5.41) is 0. The third-order valence-corrected chi connectivity index (χ3v) is 6.83. The predicted octanol–water partition coefficient (Wildman–Crippen LogP) is 2.81. The van der Waals surface area contributed by atoms with Crippen LogP contribution in [-0.4, -0.2) is 38.9 Å². The van der Waals surface area contributed by atoms with Crippen LogP contribution in [0.5, 0.6) is 0 Å². The Labute approximate surface area is 152 Å².